The lowest BCUT2D eigenvalue weighted by Gasteiger charge is -1.99. The molecule has 0 heterocycles. The van der Waals surface area contributed by atoms with Gasteiger partial charge in [-0.3, -0.25) is 4.57 Å². The molecule has 0 spiro atoms. The third kappa shape index (κ3) is 2.24. The van der Waals surface area contributed by atoms with Crippen LogP contribution in [0.25, 0.3) is 0 Å². The molecule has 1 aromatic carbocycles. The highest BCUT2D eigenvalue weighted by molar-refractivity contribution is 7.38. The summed E-state index contributed by atoms with van der Waals surface area (Å²) in [5, 5.41) is 0. The topological polar surface area (TPSA) is 26.3 Å². The Bertz CT molecular complexity index is 220. The van der Waals surface area contributed by atoms with E-state index in [1.165, 1.54) is 0 Å². The van der Waals surface area contributed by atoms with Crippen LogP contribution in [0, 0.1) is 6.07 Å². The zero-order chi connectivity index (χ0) is 7.40. The number of hydrogen-bond acceptors (Lipinski definition) is 2. The fraction of sp³-hybridized carbons (Fsp3) is 0.143. The van der Waals surface area contributed by atoms with E-state index in [1.807, 2.05) is 0 Å². The number of rotatable bonds is 2. The van der Waals surface area contributed by atoms with Crippen LogP contribution >= 0.6 is 8.03 Å². The van der Waals surface area contributed by atoms with Gasteiger partial charge in [0.1, 0.15) is 5.75 Å². The van der Waals surface area contributed by atoms with E-state index in [0.29, 0.717) is 5.75 Å². The van der Waals surface area contributed by atoms with Gasteiger partial charge >= 0.3 is 0 Å². The summed E-state index contributed by atoms with van der Waals surface area (Å²) in [6, 6.07) is 9.74. The van der Waals surface area contributed by atoms with E-state index in [-0.39, 0.29) is 0 Å². The highest BCUT2D eigenvalue weighted by Crippen LogP contribution is 2.21. The first-order chi connectivity index (χ1) is 4.79. The van der Waals surface area contributed by atoms with Crippen molar-refractivity contribution >= 4 is 8.03 Å². The lowest BCUT2D eigenvalue weighted by atomic mass is 10.3. The van der Waals surface area contributed by atoms with Crippen LogP contribution in [0.3, 0.4) is 0 Å². The van der Waals surface area contributed by atoms with Gasteiger partial charge < -0.3 is 4.52 Å². The van der Waals surface area contributed by atoms with Gasteiger partial charge in [0.05, 0.1) is 0 Å². The highest BCUT2D eigenvalue weighted by atomic mass is 31.1. The van der Waals surface area contributed by atoms with Crippen LogP contribution in [-0.4, -0.2) is 6.66 Å². The Morgan fingerprint density at radius 2 is 2.10 bits per heavy atom. The van der Waals surface area contributed by atoms with Gasteiger partial charge in [0.15, 0.2) is 0 Å². The minimum Gasteiger partial charge on any atom is -0.445 e. The Hall–Kier alpha value is -0.750. The molecule has 0 fully saturated rings. The van der Waals surface area contributed by atoms with Gasteiger partial charge in [-0.2, -0.15) is 0 Å². The molecule has 1 aromatic rings. The predicted octanol–water partition coefficient (Wildman–Crippen LogP) is 1.97. The van der Waals surface area contributed by atoms with Crippen LogP contribution < -0.4 is 4.52 Å². The van der Waals surface area contributed by atoms with E-state index in [9.17, 15) is 4.57 Å². The molecule has 0 saturated carbocycles. The number of hydrogen-bond donors (Lipinski definition) is 0. The monoisotopic (exact) mass is 155 g/mol. The molecule has 1 rings (SSSR count). The van der Waals surface area contributed by atoms with Crippen molar-refractivity contribution in [3.63, 3.8) is 0 Å². The average molecular weight is 155 g/mol. The smallest absolute Gasteiger partial charge is 0.233 e. The van der Waals surface area contributed by atoms with Crippen molar-refractivity contribution in [2.24, 2.45) is 0 Å². The Labute approximate surface area is 60.7 Å². The standard InChI is InChI=1S/C7H8O2P/c1-10(8)9-7-5-3-2-4-6-7/h3-6,10H,1H3. The van der Waals surface area contributed by atoms with Crippen LogP contribution in [-0.2, 0) is 4.57 Å². The molecule has 1 unspecified atom stereocenters. The quantitative estimate of drug-likeness (QED) is 0.610. The fourth-order valence-corrected chi connectivity index (χ4v) is 1.07. The summed E-state index contributed by atoms with van der Waals surface area (Å²) in [7, 11) is -1.85. The van der Waals surface area contributed by atoms with E-state index in [4.69, 9.17) is 4.52 Å². The molecule has 0 N–H and O–H groups in total. The lowest BCUT2D eigenvalue weighted by Crippen LogP contribution is -1.76. The van der Waals surface area contributed by atoms with Gasteiger partial charge in [0.2, 0.25) is 8.03 Å². The fourth-order valence-electron chi connectivity index (χ4n) is 0.606. The molecule has 3 heteroatoms. The van der Waals surface area contributed by atoms with Gasteiger partial charge in [0, 0.05) is 6.66 Å². The molecule has 0 aromatic heterocycles. The van der Waals surface area contributed by atoms with Crippen molar-refractivity contribution in [3.05, 3.63) is 30.3 Å². The summed E-state index contributed by atoms with van der Waals surface area (Å²) >= 11 is 0. The Morgan fingerprint density at radius 1 is 1.50 bits per heavy atom. The Morgan fingerprint density at radius 3 is 2.60 bits per heavy atom. The van der Waals surface area contributed by atoms with Crippen molar-refractivity contribution < 1.29 is 9.09 Å². The van der Waals surface area contributed by atoms with Crippen molar-refractivity contribution in [1.82, 2.24) is 0 Å². The van der Waals surface area contributed by atoms with E-state index in [2.05, 4.69) is 6.07 Å². The molecule has 0 aliphatic rings. The summed E-state index contributed by atoms with van der Waals surface area (Å²) in [6.45, 7) is 1.56. The average Bonchev–Trinajstić information content (AvgIpc) is 1.88. The van der Waals surface area contributed by atoms with Gasteiger partial charge in [-0.1, -0.05) is 12.1 Å². The summed E-state index contributed by atoms with van der Waals surface area (Å²) in [4.78, 5) is 0. The molecule has 0 aliphatic carbocycles. The van der Waals surface area contributed by atoms with Crippen LogP contribution in [0.4, 0.5) is 0 Å². The van der Waals surface area contributed by atoms with Gasteiger partial charge in [-0.05, 0) is 18.2 Å². The third-order valence-corrected chi connectivity index (χ3v) is 1.47. The maximum Gasteiger partial charge on any atom is 0.233 e. The summed E-state index contributed by atoms with van der Waals surface area (Å²) < 4.78 is 15.5. The van der Waals surface area contributed by atoms with Crippen molar-refractivity contribution in [3.8, 4) is 5.75 Å². The molecule has 0 bridgehead atoms. The summed E-state index contributed by atoms with van der Waals surface area (Å²) in [5.41, 5.74) is 0. The SMILES string of the molecule is C[PH](=O)Oc1cc[c]cc1. The normalized spacial score (nSPS) is 12.5. The lowest BCUT2D eigenvalue weighted by molar-refractivity contribution is 0.510. The van der Waals surface area contributed by atoms with Crippen LogP contribution in [0.2, 0.25) is 0 Å². The first kappa shape index (κ1) is 7.36. The Kier molecular flexibility index (Phi) is 2.52. The van der Waals surface area contributed by atoms with E-state index in [0.717, 1.165) is 0 Å². The minimum atomic E-state index is -1.85. The molecule has 53 valence electrons. The molecular formula is C7H8O2P. The Balaban J connectivity index is 2.67. The van der Waals surface area contributed by atoms with Crippen LogP contribution in [0.1, 0.15) is 0 Å². The van der Waals surface area contributed by atoms with Crippen LogP contribution in [0.15, 0.2) is 24.3 Å². The maximum atomic E-state index is 10.6. The summed E-state index contributed by atoms with van der Waals surface area (Å²) in [6.07, 6.45) is 0. The summed E-state index contributed by atoms with van der Waals surface area (Å²) in [5.74, 6) is 0.644. The van der Waals surface area contributed by atoms with Crippen molar-refractivity contribution in [1.29, 1.82) is 0 Å². The third-order valence-electron chi connectivity index (χ3n) is 0.949. The largest absolute Gasteiger partial charge is 0.445 e. The van der Waals surface area contributed by atoms with E-state index < -0.39 is 8.03 Å². The van der Waals surface area contributed by atoms with Crippen LogP contribution in [0.5, 0.6) is 5.75 Å². The highest BCUT2D eigenvalue weighted by Gasteiger charge is 1.90. The minimum absolute atomic E-state index is 0.644. The van der Waals surface area contributed by atoms with Gasteiger partial charge in [-0.15, -0.1) is 0 Å². The molecule has 10 heavy (non-hydrogen) atoms. The molecule has 1 radical (unpaired) electrons. The first-order valence-corrected chi connectivity index (χ1v) is 4.75. The predicted molar refractivity (Wildman–Crippen MR) is 40.8 cm³/mol. The van der Waals surface area contributed by atoms with Gasteiger partial charge in [0.25, 0.3) is 0 Å². The van der Waals surface area contributed by atoms with E-state index >= 15 is 0 Å². The molecule has 0 saturated heterocycles. The zero-order valence-corrected chi connectivity index (χ0v) is 6.63. The second-order valence-corrected chi connectivity index (χ2v) is 3.02. The van der Waals surface area contributed by atoms with Crippen molar-refractivity contribution in [2.45, 2.75) is 0 Å². The van der Waals surface area contributed by atoms with Gasteiger partial charge in [-0.25, -0.2) is 0 Å². The first-order valence-electron chi connectivity index (χ1n) is 2.93. The van der Waals surface area contributed by atoms with Crippen molar-refractivity contribution in [2.75, 3.05) is 6.66 Å². The second kappa shape index (κ2) is 3.43. The maximum absolute atomic E-state index is 10.6. The molecule has 0 aliphatic heterocycles. The second-order valence-electron chi connectivity index (χ2n) is 1.83. The molecule has 0 amide bonds. The molecule has 2 nitrogen and oxygen atoms in total. The van der Waals surface area contributed by atoms with E-state index in [1.54, 1.807) is 30.9 Å². The molecular weight excluding hydrogens is 147 g/mol. The number of benzene rings is 1. The molecule has 1 atom stereocenters. The zero-order valence-electron chi connectivity index (χ0n) is 5.63.